The molecule has 1 aliphatic heterocycles. The predicted molar refractivity (Wildman–Crippen MR) is 138 cm³/mol. The summed E-state index contributed by atoms with van der Waals surface area (Å²) in [6.07, 6.45) is 1.77. The van der Waals surface area contributed by atoms with Crippen molar-refractivity contribution in [3.63, 3.8) is 0 Å². The molecule has 0 spiro atoms. The number of ether oxygens (including phenoxy) is 3. The quantitative estimate of drug-likeness (QED) is 0.477. The number of hydrogen-bond donors (Lipinski definition) is 1. The SMILES string of the molecule is COc1c(F)cc(CN(CCC2OCC(CN(C)C(C)(C)C)CO2)c2ccc(C#N)nc2)cc1F.O=CO. The molecule has 1 aromatic carbocycles. The highest BCUT2D eigenvalue weighted by Crippen LogP contribution is 2.26. The molecule has 0 bridgehead atoms. The Balaban J connectivity index is 0.00000161. The van der Waals surface area contributed by atoms with Crippen molar-refractivity contribution in [2.24, 2.45) is 5.92 Å². The Labute approximate surface area is 222 Å². The van der Waals surface area contributed by atoms with E-state index in [4.69, 9.17) is 29.4 Å². The van der Waals surface area contributed by atoms with Crippen LogP contribution in [0.3, 0.4) is 0 Å². The lowest BCUT2D eigenvalue weighted by molar-refractivity contribution is -0.204. The lowest BCUT2D eigenvalue weighted by Gasteiger charge is -2.37. The first-order valence-electron chi connectivity index (χ1n) is 12.2. The van der Waals surface area contributed by atoms with Crippen LogP contribution in [0.4, 0.5) is 14.5 Å². The smallest absolute Gasteiger partial charge is 0.290 e. The van der Waals surface area contributed by atoms with E-state index < -0.39 is 17.4 Å². The third-order valence-corrected chi connectivity index (χ3v) is 6.21. The molecule has 0 unspecified atom stereocenters. The number of nitriles is 1. The number of halogens is 2. The summed E-state index contributed by atoms with van der Waals surface area (Å²) in [6, 6.07) is 7.89. The van der Waals surface area contributed by atoms with E-state index in [1.165, 1.54) is 19.2 Å². The minimum absolute atomic E-state index is 0.0763. The van der Waals surface area contributed by atoms with Gasteiger partial charge in [-0.3, -0.25) is 4.79 Å². The summed E-state index contributed by atoms with van der Waals surface area (Å²) >= 11 is 0. The number of methoxy groups -OCH3 is 1. The molecular formula is C27H36F2N4O5. The topological polar surface area (TPSA) is 108 Å². The van der Waals surface area contributed by atoms with Crippen LogP contribution in [0.15, 0.2) is 30.5 Å². The number of benzene rings is 1. The summed E-state index contributed by atoms with van der Waals surface area (Å²) in [7, 11) is 3.33. The van der Waals surface area contributed by atoms with Crippen molar-refractivity contribution in [2.75, 3.05) is 45.4 Å². The van der Waals surface area contributed by atoms with Gasteiger partial charge in [0.05, 0.1) is 32.2 Å². The maximum atomic E-state index is 14.3. The van der Waals surface area contributed by atoms with Crippen LogP contribution >= 0.6 is 0 Å². The molecule has 0 saturated carbocycles. The zero-order valence-electron chi connectivity index (χ0n) is 22.5. The fourth-order valence-corrected chi connectivity index (χ4v) is 3.84. The molecule has 0 radical (unpaired) electrons. The van der Waals surface area contributed by atoms with E-state index in [0.29, 0.717) is 43.4 Å². The van der Waals surface area contributed by atoms with E-state index in [9.17, 15) is 8.78 Å². The highest BCUT2D eigenvalue weighted by molar-refractivity contribution is 5.47. The maximum absolute atomic E-state index is 14.3. The number of aromatic nitrogens is 1. The largest absolute Gasteiger partial charge is 0.491 e. The van der Waals surface area contributed by atoms with Crippen LogP contribution in [0.5, 0.6) is 5.75 Å². The van der Waals surface area contributed by atoms with E-state index in [1.54, 1.807) is 18.3 Å². The first-order valence-corrected chi connectivity index (χ1v) is 12.2. The van der Waals surface area contributed by atoms with Crippen LogP contribution in [0, 0.1) is 28.9 Å². The van der Waals surface area contributed by atoms with Gasteiger partial charge in [0.2, 0.25) is 0 Å². The number of nitrogens with zero attached hydrogens (tertiary/aromatic N) is 4. The number of carboxylic acid groups (broad SMARTS) is 1. The van der Waals surface area contributed by atoms with Gasteiger partial charge >= 0.3 is 0 Å². The van der Waals surface area contributed by atoms with E-state index in [0.717, 1.165) is 12.2 Å². The summed E-state index contributed by atoms with van der Waals surface area (Å²) in [5, 5.41) is 15.9. The van der Waals surface area contributed by atoms with Crippen LogP contribution in [0.1, 0.15) is 38.4 Å². The molecule has 3 rings (SSSR count). The van der Waals surface area contributed by atoms with Crippen molar-refractivity contribution >= 4 is 12.2 Å². The Morgan fingerprint density at radius 3 is 2.32 bits per heavy atom. The highest BCUT2D eigenvalue weighted by atomic mass is 19.1. The van der Waals surface area contributed by atoms with Crippen molar-refractivity contribution in [1.82, 2.24) is 9.88 Å². The fourth-order valence-electron chi connectivity index (χ4n) is 3.84. The number of carbonyl (C=O) groups is 1. The molecule has 2 heterocycles. The van der Waals surface area contributed by atoms with Gasteiger partial charge in [-0.15, -0.1) is 0 Å². The molecule has 208 valence electrons. The Kier molecular flexibility index (Phi) is 11.8. The zero-order valence-corrected chi connectivity index (χ0v) is 22.5. The molecule has 2 aromatic rings. The van der Waals surface area contributed by atoms with Crippen LogP contribution in [-0.2, 0) is 20.8 Å². The molecule has 11 heteroatoms. The minimum Gasteiger partial charge on any atom is -0.491 e. The van der Waals surface area contributed by atoms with Gasteiger partial charge in [0.1, 0.15) is 11.8 Å². The number of rotatable bonds is 9. The Hall–Kier alpha value is -3.33. The Morgan fingerprint density at radius 1 is 1.24 bits per heavy atom. The normalized spacial score (nSPS) is 17.2. The van der Waals surface area contributed by atoms with Gasteiger partial charge in [-0.1, -0.05) is 0 Å². The second-order valence-electron chi connectivity index (χ2n) is 9.94. The molecule has 1 fully saturated rings. The van der Waals surface area contributed by atoms with Crippen LogP contribution in [-0.4, -0.2) is 73.8 Å². The second kappa shape index (κ2) is 14.6. The predicted octanol–water partition coefficient (Wildman–Crippen LogP) is 4.06. The standard InChI is InChI=1S/C26H34F2N4O3.CH2O2/c1-26(2,3)31(4)14-19-16-34-24(35-17-19)8-9-32(21-7-6-20(12-29)30-13-21)15-18-10-22(27)25(33-5)23(28)11-18;2-1-3/h6-7,10-11,13,19,24H,8-9,14-17H2,1-5H3;1H,(H,2,3). The molecule has 1 aliphatic rings. The zero-order chi connectivity index (χ0) is 28.3. The first kappa shape index (κ1) is 30.9. The summed E-state index contributed by atoms with van der Waals surface area (Å²) in [5.41, 5.74) is 1.54. The summed E-state index contributed by atoms with van der Waals surface area (Å²) in [5.74, 6) is -1.63. The summed E-state index contributed by atoms with van der Waals surface area (Å²) in [6.45, 7) is 9.11. The fraction of sp³-hybridized carbons (Fsp3) is 0.519. The number of anilines is 1. The van der Waals surface area contributed by atoms with Crippen LogP contribution in [0.25, 0.3) is 0 Å². The maximum Gasteiger partial charge on any atom is 0.290 e. The number of hydrogen-bond acceptors (Lipinski definition) is 8. The van der Waals surface area contributed by atoms with Crippen molar-refractivity contribution in [2.45, 2.75) is 45.6 Å². The molecular weight excluding hydrogens is 498 g/mol. The molecule has 1 aromatic heterocycles. The van der Waals surface area contributed by atoms with E-state index in [-0.39, 0.29) is 24.8 Å². The van der Waals surface area contributed by atoms with Crippen molar-refractivity contribution in [3.8, 4) is 11.8 Å². The van der Waals surface area contributed by atoms with Gasteiger partial charge in [-0.25, -0.2) is 13.8 Å². The molecule has 0 atom stereocenters. The van der Waals surface area contributed by atoms with E-state index in [1.807, 2.05) is 11.0 Å². The average molecular weight is 535 g/mol. The minimum atomic E-state index is -0.759. The Morgan fingerprint density at radius 2 is 1.84 bits per heavy atom. The van der Waals surface area contributed by atoms with Gasteiger partial charge in [0.25, 0.3) is 6.47 Å². The molecule has 38 heavy (non-hydrogen) atoms. The Bertz CT molecular complexity index is 1040. The van der Waals surface area contributed by atoms with Gasteiger partial charge in [-0.05, 0) is 57.6 Å². The van der Waals surface area contributed by atoms with Crippen molar-refractivity contribution < 1.29 is 32.9 Å². The summed E-state index contributed by atoms with van der Waals surface area (Å²) in [4.78, 5) is 16.7. The van der Waals surface area contributed by atoms with E-state index >= 15 is 0 Å². The van der Waals surface area contributed by atoms with Crippen LogP contribution < -0.4 is 9.64 Å². The second-order valence-corrected chi connectivity index (χ2v) is 9.94. The van der Waals surface area contributed by atoms with Gasteiger partial charge < -0.3 is 29.1 Å². The van der Waals surface area contributed by atoms with E-state index in [2.05, 4.69) is 37.7 Å². The summed E-state index contributed by atoms with van der Waals surface area (Å²) < 4.78 is 45.3. The lowest BCUT2D eigenvalue weighted by atomic mass is 10.0. The highest BCUT2D eigenvalue weighted by Gasteiger charge is 2.27. The molecule has 0 aliphatic carbocycles. The first-order chi connectivity index (χ1) is 18.0. The van der Waals surface area contributed by atoms with Crippen molar-refractivity contribution in [1.29, 1.82) is 5.26 Å². The number of pyridine rings is 1. The van der Waals surface area contributed by atoms with Crippen molar-refractivity contribution in [3.05, 3.63) is 53.4 Å². The molecule has 0 amide bonds. The van der Waals surface area contributed by atoms with Gasteiger partial charge in [0.15, 0.2) is 23.7 Å². The molecule has 1 N–H and O–H groups in total. The van der Waals surface area contributed by atoms with Crippen LogP contribution in [0.2, 0.25) is 0 Å². The lowest BCUT2D eigenvalue weighted by Crippen LogP contribution is -2.45. The van der Waals surface area contributed by atoms with Gasteiger partial charge in [-0.2, -0.15) is 5.26 Å². The third-order valence-electron chi connectivity index (χ3n) is 6.21. The molecule has 1 saturated heterocycles. The third kappa shape index (κ3) is 9.20. The average Bonchev–Trinajstić information content (AvgIpc) is 2.87. The van der Waals surface area contributed by atoms with Gasteiger partial charge in [0, 0.05) is 37.5 Å². The molecule has 9 nitrogen and oxygen atoms in total. The monoisotopic (exact) mass is 534 g/mol.